The molecule has 2 amide bonds. The molecule has 0 saturated carbocycles. The number of carbonyl (C=O) groups excluding carboxylic acids is 1. The lowest BCUT2D eigenvalue weighted by atomic mass is 10.1. The van der Waals surface area contributed by atoms with E-state index in [1.807, 2.05) is 24.3 Å². The van der Waals surface area contributed by atoms with Crippen LogP contribution >= 0.6 is 0 Å². The molecule has 2 heterocycles. The summed E-state index contributed by atoms with van der Waals surface area (Å²) in [4.78, 5) is 20.7. The number of anilines is 1. The molecule has 0 fully saturated rings. The van der Waals surface area contributed by atoms with Crippen LogP contribution in [0.4, 0.5) is 10.5 Å². The smallest absolute Gasteiger partial charge is 0.319 e. The van der Waals surface area contributed by atoms with Crippen LogP contribution in [-0.2, 0) is 6.54 Å². The fourth-order valence-corrected chi connectivity index (χ4v) is 2.78. The number of amides is 2. The lowest BCUT2D eigenvalue weighted by molar-refractivity contribution is 0.251. The number of hydrogen-bond acceptors (Lipinski definition) is 6. The van der Waals surface area contributed by atoms with Crippen LogP contribution in [0, 0.1) is 0 Å². The van der Waals surface area contributed by atoms with Crippen LogP contribution in [0.15, 0.2) is 55.0 Å². The number of nitrogens with one attached hydrogen (secondary N) is 2. The summed E-state index contributed by atoms with van der Waals surface area (Å²) in [6.45, 7) is 0.344. The van der Waals surface area contributed by atoms with E-state index in [4.69, 9.17) is 14.2 Å². The summed E-state index contributed by atoms with van der Waals surface area (Å²) in [5.74, 6) is 1.37. The van der Waals surface area contributed by atoms with Gasteiger partial charge in [0.2, 0.25) is 5.75 Å². The largest absolute Gasteiger partial charge is 0.493 e. The molecule has 3 rings (SSSR count). The van der Waals surface area contributed by atoms with Gasteiger partial charge in [0.1, 0.15) is 0 Å². The van der Waals surface area contributed by atoms with Crippen molar-refractivity contribution in [2.45, 2.75) is 6.54 Å². The number of methoxy groups -OCH3 is 3. The van der Waals surface area contributed by atoms with E-state index >= 15 is 0 Å². The number of hydrogen-bond donors (Lipinski definition) is 2. The molecule has 29 heavy (non-hydrogen) atoms. The highest BCUT2D eigenvalue weighted by atomic mass is 16.5. The lowest BCUT2D eigenvalue weighted by Crippen LogP contribution is -2.28. The lowest BCUT2D eigenvalue weighted by Gasteiger charge is -2.15. The Balaban J connectivity index is 1.66. The number of nitrogens with zero attached hydrogens (tertiary/aromatic N) is 2. The van der Waals surface area contributed by atoms with Crippen molar-refractivity contribution >= 4 is 11.7 Å². The summed E-state index contributed by atoms with van der Waals surface area (Å²) in [6, 6.07) is 10.5. The first-order chi connectivity index (χ1) is 14.1. The number of rotatable bonds is 7. The minimum absolute atomic E-state index is 0.344. The zero-order chi connectivity index (χ0) is 20.6. The third-order valence-corrected chi connectivity index (χ3v) is 4.18. The SMILES string of the molecule is COc1cc(NC(=O)NCc2ccnc(-c3ccncc3)c2)cc(OC)c1OC. The summed E-state index contributed by atoms with van der Waals surface area (Å²) in [7, 11) is 4.56. The fourth-order valence-electron chi connectivity index (χ4n) is 2.78. The van der Waals surface area contributed by atoms with Crippen LogP contribution in [0.2, 0.25) is 0 Å². The van der Waals surface area contributed by atoms with E-state index in [1.165, 1.54) is 21.3 Å². The van der Waals surface area contributed by atoms with E-state index in [0.29, 0.717) is 29.5 Å². The molecule has 0 aliphatic heterocycles. The van der Waals surface area contributed by atoms with E-state index in [0.717, 1.165) is 16.8 Å². The molecule has 0 saturated heterocycles. The van der Waals surface area contributed by atoms with E-state index in [2.05, 4.69) is 20.6 Å². The second-order valence-electron chi connectivity index (χ2n) is 6.01. The molecule has 8 nitrogen and oxygen atoms in total. The Morgan fingerprint density at radius 1 is 0.931 bits per heavy atom. The first-order valence-corrected chi connectivity index (χ1v) is 8.84. The third kappa shape index (κ3) is 4.92. The normalized spacial score (nSPS) is 10.2. The topological polar surface area (TPSA) is 94.6 Å². The van der Waals surface area contributed by atoms with Gasteiger partial charge in [0.15, 0.2) is 11.5 Å². The number of carbonyl (C=O) groups is 1. The van der Waals surface area contributed by atoms with Crippen molar-refractivity contribution in [3.63, 3.8) is 0 Å². The molecule has 8 heteroatoms. The molecule has 0 atom stereocenters. The van der Waals surface area contributed by atoms with E-state index in [-0.39, 0.29) is 6.03 Å². The quantitative estimate of drug-likeness (QED) is 0.637. The maximum absolute atomic E-state index is 12.3. The highest BCUT2D eigenvalue weighted by Crippen LogP contribution is 2.39. The van der Waals surface area contributed by atoms with Crippen molar-refractivity contribution in [1.29, 1.82) is 0 Å². The number of urea groups is 1. The predicted octanol–water partition coefficient (Wildman–Crippen LogP) is 3.49. The van der Waals surface area contributed by atoms with Gasteiger partial charge in [-0.2, -0.15) is 0 Å². The maximum atomic E-state index is 12.3. The summed E-state index contributed by atoms with van der Waals surface area (Å²) in [6.07, 6.45) is 5.14. The second-order valence-corrected chi connectivity index (χ2v) is 6.01. The summed E-state index contributed by atoms with van der Waals surface area (Å²) in [5.41, 5.74) is 3.22. The molecular weight excluding hydrogens is 372 g/mol. The standard InChI is InChI=1S/C21H22N4O4/c1-27-18-11-16(12-19(28-2)20(18)29-3)25-21(26)24-13-14-4-9-23-17(10-14)15-5-7-22-8-6-15/h4-12H,13H2,1-3H3,(H2,24,25,26). The first-order valence-electron chi connectivity index (χ1n) is 8.84. The zero-order valence-electron chi connectivity index (χ0n) is 16.4. The second kappa shape index (κ2) is 9.41. The van der Waals surface area contributed by atoms with Gasteiger partial charge in [-0.15, -0.1) is 0 Å². The van der Waals surface area contributed by atoms with Crippen molar-refractivity contribution in [2.75, 3.05) is 26.6 Å². The highest BCUT2D eigenvalue weighted by Gasteiger charge is 2.14. The van der Waals surface area contributed by atoms with Crippen LogP contribution in [0.5, 0.6) is 17.2 Å². The Bertz CT molecular complexity index is 954. The Kier molecular flexibility index (Phi) is 6.47. The zero-order valence-corrected chi connectivity index (χ0v) is 16.4. The number of ether oxygens (including phenoxy) is 3. The van der Waals surface area contributed by atoms with Gasteiger partial charge >= 0.3 is 6.03 Å². The average molecular weight is 394 g/mol. The fraction of sp³-hybridized carbons (Fsp3) is 0.190. The Hall–Kier alpha value is -3.81. The Labute approximate surface area is 168 Å². The Morgan fingerprint density at radius 3 is 2.24 bits per heavy atom. The van der Waals surface area contributed by atoms with Crippen molar-refractivity contribution in [1.82, 2.24) is 15.3 Å². The first kappa shape index (κ1) is 19.9. The predicted molar refractivity (Wildman–Crippen MR) is 109 cm³/mol. The van der Waals surface area contributed by atoms with Crippen molar-refractivity contribution < 1.29 is 19.0 Å². The summed E-state index contributed by atoms with van der Waals surface area (Å²) >= 11 is 0. The minimum atomic E-state index is -0.360. The molecule has 150 valence electrons. The molecule has 0 unspecified atom stereocenters. The monoisotopic (exact) mass is 394 g/mol. The molecular formula is C21H22N4O4. The van der Waals surface area contributed by atoms with Crippen molar-refractivity contribution in [3.8, 4) is 28.5 Å². The Morgan fingerprint density at radius 2 is 1.62 bits per heavy atom. The third-order valence-electron chi connectivity index (χ3n) is 4.18. The van der Waals surface area contributed by atoms with E-state index in [1.54, 1.807) is 30.7 Å². The molecule has 0 aliphatic rings. The van der Waals surface area contributed by atoms with Crippen LogP contribution in [0.1, 0.15) is 5.56 Å². The molecule has 2 aromatic heterocycles. The van der Waals surface area contributed by atoms with Crippen molar-refractivity contribution in [3.05, 3.63) is 60.6 Å². The molecule has 0 radical (unpaired) electrons. The molecule has 3 aromatic rings. The van der Waals surface area contributed by atoms with Gasteiger partial charge in [0.25, 0.3) is 0 Å². The molecule has 0 spiro atoms. The number of benzene rings is 1. The van der Waals surface area contributed by atoms with Gasteiger partial charge in [0.05, 0.1) is 32.7 Å². The van der Waals surface area contributed by atoms with Gasteiger partial charge in [-0.05, 0) is 29.8 Å². The van der Waals surface area contributed by atoms with Crippen molar-refractivity contribution in [2.24, 2.45) is 0 Å². The van der Waals surface area contributed by atoms with E-state index in [9.17, 15) is 4.79 Å². The van der Waals surface area contributed by atoms with Gasteiger partial charge < -0.3 is 24.8 Å². The summed E-state index contributed by atoms with van der Waals surface area (Å²) < 4.78 is 15.9. The van der Waals surface area contributed by atoms with Gasteiger partial charge in [-0.1, -0.05) is 0 Å². The number of aromatic nitrogens is 2. The average Bonchev–Trinajstić information content (AvgIpc) is 2.77. The van der Waals surface area contributed by atoms with E-state index < -0.39 is 0 Å². The van der Waals surface area contributed by atoms with Gasteiger partial charge in [-0.3, -0.25) is 9.97 Å². The maximum Gasteiger partial charge on any atom is 0.319 e. The molecule has 0 bridgehead atoms. The van der Waals surface area contributed by atoms with Crippen LogP contribution in [-0.4, -0.2) is 37.3 Å². The summed E-state index contributed by atoms with van der Waals surface area (Å²) in [5, 5.41) is 5.60. The van der Waals surface area contributed by atoms with Crippen LogP contribution < -0.4 is 24.8 Å². The number of pyridine rings is 2. The van der Waals surface area contributed by atoms with Gasteiger partial charge in [0, 0.05) is 42.8 Å². The molecule has 2 N–H and O–H groups in total. The highest BCUT2D eigenvalue weighted by molar-refractivity contribution is 5.90. The van der Waals surface area contributed by atoms with Crippen LogP contribution in [0.25, 0.3) is 11.3 Å². The van der Waals surface area contributed by atoms with Crippen LogP contribution in [0.3, 0.4) is 0 Å². The molecule has 0 aliphatic carbocycles. The minimum Gasteiger partial charge on any atom is -0.493 e. The van der Waals surface area contributed by atoms with Gasteiger partial charge in [-0.25, -0.2) is 4.79 Å². The molecule has 1 aromatic carbocycles.